The molecule has 0 heterocycles. The third-order valence-electron chi connectivity index (χ3n) is 2.03. The van der Waals surface area contributed by atoms with Crippen molar-refractivity contribution in [1.82, 2.24) is 10.6 Å². The minimum absolute atomic E-state index is 0.0250. The van der Waals surface area contributed by atoms with Crippen LogP contribution in [0.15, 0.2) is 0 Å². The molecular formula is C10H22N2O2. The molecule has 0 saturated heterocycles. The molecule has 0 bridgehead atoms. The predicted molar refractivity (Wildman–Crippen MR) is 57.0 cm³/mol. The van der Waals surface area contributed by atoms with Gasteiger partial charge in [0, 0.05) is 19.7 Å². The van der Waals surface area contributed by atoms with Crippen molar-refractivity contribution in [3.63, 3.8) is 0 Å². The van der Waals surface area contributed by atoms with Crippen LogP contribution >= 0.6 is 0 Å². The van der Waals surface area contributed by atoms with Crippen LogP contribution in [0.1, 0.15) is 27.2 Å². The zero-order chi connectivity index (χ0) is 11.0. The summed E-state index contributed by atoms with van der Waals surface area (Å²) in [7, 11) is 0. The quantitative estimate of drug-likeness (QED) is 0.549. The molecule has 4 heteroatoms. The van der Waals surface area contributed by atoms with Gasteiger partial charge in [0.2, 0.25) is 5.91 Å². The Kier molecular flexibility index (Phi) is 7.42. The van der Waals surface area contributed by atoms with Crippen molar-refractivity contribution in [2.75, 3.05) is 19.7 Å². The van der Waals surface area contributed by atoms with Crippen LogP contribution < -0.4 is 10.6 Å². The Morgan fingerprint density at radius 3 is 2.57 bits per heavy atom. The molecule has 14 heavy (non-hydrogen) atoms. The molecule has 0 aliphatic heterocycles. The van der Waals surface area contributed by atoms with Crippen molar-refractivity contribution in [3.8, 4) is 0 Å². The molecule has 1 amide bonds. The van der Waals surface area contributed by atoms with Crippen LogP contribution in [0.3, 0.4) is 0 Å². The Balaban J connectivity index is 3.61. The molecule has 0 fully saturated rings. The van der Waals surface area contributed by atoms with Gasteiger partial charge in [0.1, 0.15) is 0 Å². The second-order valence-electron chi connectivity index (χ2n) is 3.71. The van der Waals surface area contributed by atoms with E-state index in [1.807, 2.05) is 20.8 Å². The largest absolute Gasteiger partial charge is 0.396 e. The summed E-state index contributed by atoms with van der Waals surface area (Å²) in [6.07, 6.45) is 0.950. The summed E-state index contributed by atoms with van der Waals surface area (Å²) in [6.45, 7) is 7.32. The number of hydrogen-bond acceptors (Lipinski definition) is 3. The molecule has 0 saturated carbocycles. The van der Waals surface area contributed by atoms with Gasteiger partial charge in [-0.05, 0) is 19.3 Å². The minimum Gasteiger partial charge on any atom is -0.396 e. The first-order valence-corrected chi connectivity index (χ1v) is 5.23. The molecule has 0 aliphatic carbocycles. The van der Waals surface area contributed by atoms with Gasteiger partial charge in [-0.15, -0.1) is 0 Å². The van der Waals surface area contributed by atoms with E-state index in [1.54, 1.807) is 0 Å². The van der Waals surface area contributed by atoms with E-state index in [4.69, 9.17) is 5.11 Å². The van der Waals surface area contributed by atoms with E-state index in [2.05, 4.69) is 10.6 Å². The summed E-state index contributed by atoms with van der Waals surface area (Å²) in [5.74, 6) is 0.216. The van der Waals surface area contributed by atoms with E-state index in [0.717, 1.165) is 13.0 Å². The first kappa shape index (κ1) is 13.4. The highest BCUT2D eigenvalue weighted by atomic mass is 16.3. The summed E-state index contributed by atoms with van der Waals surface area (Å²) in [4.78, 5) is 11.4. The third-order valence-corrected chi connectivity index (χ3v) is 2.03. The van der Waals surface area contributed by atoms with Crippen LogP contribution in [0.4, 0.5) is 0 Å². The van der Waals surface area contributed by atoms with Gasteiger partial charge in [-0.25, -0.2) is 0 Å². The fraction of sp³-hybridized carbons (Fsp3) is 0.900. The maximum absolute atomic E-state index is 11.4. The summed E-state index contributed by atoms with van der Waals surface area (Å²) >= 11 is 0. The van der Waals surface area contributed by atoms with E-state index < -0.39 is 0 Å². The van der Waals surface area contributed by atoms with Gasteiger partial charge in [-0.3, -0.25) is 4.79 Å². The van der Waals surface area contributed by atoms with Gasteiger partial charge >= 0.3 is 0 Å². The lowest BCUT2D eigenvalue weighted by atomic mass is 10.2. The van der Waals surface area contributed by atoms with Gasteiger partial charge in [0.25, 0.3) is 0 Å². The topological polar surface area (TPSA) is 61.4 Å². The lowest BCUT2D eigenvalue weighted by molar-refractivity contribution is -0.122. The summed E-state index contributed by atoms with van der Waals surface area (Å²) in [5, 5.41) is 14.7. The lowest BCUT2D eigenvalue weighted by Gasteiger charge is -2.15. The molecule has 0 spiro atoms. The molecule has 0 aromatic rings. The van der Waals surface area contributed by atoms with Crippen molar-refractivity contribution in [1.29, 1.82) is 0 Å². The first-order valence-electron chi connectivity index (χ1n) is 5.23. The van der Waals surface area contributed by atoms with Crippen LogP contribution in [0.25, 0.3) is 0 Å². The zero-order valence-corrected chi connectivity index (χ0v) is 9.34. The van der Waals surface area contributed by atoms with Gasteiger partial charge in [0.05, 0.1) is 6.04 Å². The maximum Gasteiger partial charge on any atom is 0.236 e. The standard InChI is InChI=1S/C10H22N2O2/c1-4-5-11-10(14)9(3)12-6-8(2)7-13/h8-9,12-13H,4-7H2,1-3H3,(H,11,14). The first-order chi connectivity index (χ1) is 6.61. The maximum atomic E-state index is 11.4. The van der Waals surface area contributed by atoms with Crippen LogP contribution in [-0.4, -0.2) is 36.8 Å². The second kappa shape index (κ2) is 7.76. The van der Waals surface area contributed by atoms with Crippen molar-refractivity contribution in [2.24, 2.45) is 5.92 Å². The molecule has 0 radical (unpaired) electrons. The molecule has 4 nitrogen and oxygen atoms in total. The Labute approximate surface area is 86.1 Å². The van der Waals surface area contributed by atoms with Crippen molar-refractivity contribution >= 4 is 5.91 Å². The zero-order valence-electron chi connectivity index (χ0n) is 9.34. The number of amides is 1. The Hall–Kier alpha value is -0.610. The number of aliphatic hydroxyl groups is 1. The minimum atomic E-state index is -0.185. The third kappa shape index (κ3) is 5.94. The summed E-state index contributed by atoms with van der Waals surface area (Å²) < 4.78 is 0. The smallest absolute Gasteiger partial charge is 0.236 e. The highest BCUT2D eigenvalue weighted by Gasteiger charge is 2.11. The summed E-state index contributed by atoms with van der Waals surface area (Å²) in [5.41, 5.74) is 0. The van der Waals surface area contributed by atoms with E-state index >= 15 is 0 Å². The number of nitrogens with one attached hydrogen (secondary N) is 2. The van der Waals surface area contributed by atoms with Crippen LogP contribution in [0, 0.1) is 5.92 Å². The highest BCUT2D eigenvalue weighted by Crippen LogP contribution is 1.91. The number of carbonyl (C=O) groups is 1. The van der Waals surface area contributed by atoms with E-state index in [-0.39, 0.29) is 24.5 Å². The number of rotatable bonds is 7. The molecular weight excluding hydrogens is 180 g/mol. The van der Waals surface area contributed by atoms with Crippen molar-refractivity contribution in [3.05, 3.63) is 0 Å². The van der Waals surface area contributed by atoms with Crippen LogP contribution in [0.5, 0.6) is 0 Å². The fourth-order valence-corrected chi connectivity index (χ4v) is 0.937. The highest BCUT2D eigenvalue weighted by molar-refractivity contribution is 5.81. The molecule has 3 N–H and O–H groups in total. The average molecular weight is 202 g/mol. The second-order valence-corrected chi connectivity index (χ2v) is 3.71. The molecule has 0 aromatic heterocycles. The van der Waals surface area contributed by atoms with Gasteiger partial charge in [0.15, 0.2) is 0 Å². The molecule has 2 unspecified atom stereocenters. The van der Waals surface area contributed by atoms with Gasteiger partial charge in [-0.2, -0.15) is 0 Å². The van der Waals surface area contributed by atoms with E-state index in [0.29, 0.717) is 6.54 Å². The normalized spacial score (nSPS) is 14.9. The van der Waals surface area contributed by atoms with Crippen LogP contribution in [-0.2, 0) is 4.79 Å². The fourth-order valence-electron chi connectivity index (χ4n) is 0.937. The molecule has 0 rings (SSSR count). The average Bonchev–Trinajstić information content (AvgIpc) is 2.21. The molecule has 0 aromatic carbocycles. The molecule has 0 aliphatic rings. The van der Waals surface area contributed by atoms with Crippen LogP contribution in [0.2, 0.25) is 0 Å². The lowest BCUT2D eigenvalue weighted by Crippen LogP contribution is -2.44. The molecule has 84 valence electrons. The number of carbonyl (C=O) groups excluding carboxylic acids is 1. The van der Waals surface area contributed by atoms with Crippen molar-refractivity contribution in [2.45, 2.75) is 33.2 Å². The molecule has 2 atom stereocenters. The number of aliphatic hydroxyl groups excluding tert-OH is 1. The van der Waals surface area contributed by atoms with E-state index in [9.17, 15) is 4.79 Å². The Morgan fingerprint density at radius 2 is 2.07 bits per heavy atom. The predicted octanol–water partition coefficient (Wildman–Crippen LogP) is 0.119. The van der Waals surface area contributed by atoms with Crippen molar-refractivity contribution < 1.29 is 9.90 Å². The SMILES string of the molecule is CCCNC(=O)C(C)NCC(C)CO. The monoisotopic (exact) mass is 202 g/mol. The van der Waals surface area contributed by atoms with E-state index in [1.165, 1.54) is 0 Å². The Bertz CT molecular complexity index is 162. The number of hydrogen-bond donors (Lipinski definition) is 3. The Morgan fingerprint density at radius 1 is 1.43 bits per heavy atom. The van der Waals surface area contributed by atoms with Gasteiger partial charge in [-0.1, -0.05) is 13.8 Å². The summed E-state index contributed by atoms with van der Waals surface area (Å²) in [6, 6.07) is -0.185. The van der Waals surface area contributed by atoms with Gasteiger partial charge < -0.3 is 15.7 Å².